The van der Waals surface area contributed by atoms with E-state index in [1.54, 1.807) is 54.6 Å². The fourth-order valence-electron chi connectivity index (χ4n) is 3.63. The summed E-state index contributed by atoms with van der Waals surface area (Å²) in [4.78, 5) is 28.1. The number of hydrogen-bond acceptors (Lipinski definition) is 5. The van der Waals surface area contributed by atoms with E-state index in [9.17, 15) is 14.9 Å². The molecular weight excluding hydrogens is 468 g/mol. The van der Waals surface area contributed by atoms with Crippen LogP contribution in [0, 0.1) is 25.2 Å². The SMILES string of the molecule is Cc1ccc(C)c(NC(=O)C(OC(=O)c2ccccc2Sc2ccccc2C#N)c2ccccc2)c1. The van der Waals surface area contributed by atoms with Crippen molar-refractivity contribution in [2.45, 2.75) is 29.7 Å². The van der Waals surface area contributed by atoms with Crippen LogP contribution in [-0.2, 0) is 9.53 Å². The zero-order chi connectivity index (χ0) is 25.5. The third-order valence-corrected chi connectivity index (χ3v) is 6.70. The highest BCUT2D eigenvalue weighted by molar-refractivity contribution is 7.99. The van der Waals surface area contributed by atoms with Crippen molar-refractivity contribution in [3.8, 4) is 6.07 Å². The standard InChI is InChI=1S/C30H24N2O3S/c1-20-16-17-21(2)25(18-20)32-29(33)28(22-10-4-3-5-11-22)35-30(34)24-13-7-9-15-27(24)36-26-14-8-6-12-23(26)19-31/h3-18,28H,1-2H3,(H,32,33). The Morgan fingerprint density at radius 1 is 0.861 bits per heavy atom. The van der Waals surface area contributed by atoms with Crippen molar-refractivity contribution in [1.82, 2.24) is 0 Å². The fourth-order valence-corrected chi connectivity index (χ4v) is 4.65. The van der Waals surface area contributed by atoms with Crippen molar-refractivity contribution in [2.24, 2.45) is 0 Å². The zero-order valence-corrected chi connectivity index (χ0v) is 20.7. The molecule has 0 heterocycles. The summed E-state index contributed by atoms with van der Waals surface area (Å²) in [5.74, 6) is -1.07. The van der Waals surface area contributed by atoms with Gasteiger partial charge in [-0.25, -0.2) is 4.79 Å². The third kappa shape index (κ3) is 5.83. The van der Waals surface area contributed by atoms with Crippen LogP contribution in [0.25, 0.3) is 0 Å². The number of nitriles is 1. The lowest BCUT2D eigenvalue weighted by atomic mass is 10.1. The third-order valence-electron chi connectivity index (χ3n) is 5.55. The number of aryl methyl sites for hydroxylation is 2. The Kier molecular flexibility index (Phi) is 7.84. The molecule has 1 N–H and O–H groups in total. The summed E-state index contributed by atoms with van der Waals surface area (Å²) in [6, 6.07) is 31.1. The van der Waals surface area contributed by atoms with E-state index in [1.807, 2.05) is 56.3 Å². The Balaban J connectivity index is 1.63. The predicted molar refractivity (Wildman–Crippen MR) is 141 cm³/mol. The van der Waals surface area contributed by atoms with Gasteiger partial charge in [0.25, 0.3) is 5.91 Å². The molecule has 0 aliphatic carbocycles. The lowest BCUT2D eigenvalue weighted by Crippen LogP contribution is -2.26. The van der Waals surface area contributed by atoms with E-state index in [-0.39, 0.29) is 0 Å². The zero-order valence-electron chi connectivity index (χ0n) is 19.9. The van der Waals surface area contributed by atoms with Crippen LogP contribution >= 0.6 is 11.8 Å². The number of carbonyl (C=O) groups is 2. The number of esters is 1. The van der Waals surface area contributed by atoms with Crippen molar-refractivity contribution >= 4 is 29.3 Å². The minimum Gasteiger partial charge on any atom is -0.444 e. The number of nitrogens with zero attached hydrogens (tertiary/aromatic N) is 1. The van der Waals surface area contributed by atoms with Gasteiger partial charge in [0.15, 0.2) is 0 Å². The summed E-state index contributed by atoms with van der Waals surface area (Å²) in [6.45, 7) is 3.86. The minimum atomic E-state index is -1.15. The Morgan fingerprint density at radius 3 is 2.28 bits per heavy atom. The first-order valence-electron chi connectivity index (χ1n) is 11.4. The molecule has 36 heavy (non-hydrogen) atoms. The molecule has 1 unspecified atom stereocenters. The molecule has 0 bridgehead atoms. The van der Waals surface area contributed by atoms with Gasteiger partial charge in [-0.2, -0.15) is 5.26 Å². The molecule has 0 saturated carbocycles. The molecule has 1 amide bonds. The number of hydrogen-bond donors (Lipinski definition) is 1. The van der Waals surface area contributed by atoms with Gasteiger partial charge in [0.05, 0.1) is 11.1 Å². The Bertz CT molecular complexity index is 1440. The predicted octanol–water partition coefficient (Wildman–Crippen LogP) is 6.86. The van der Waals surface area contributed by atoms with Gasteiger partial charge in [-0.05, 0) is 55.3 Å². The van der Waals surface area contributed by atoms with Gasteiger partial charge in [0.2, 0.25) is 6.10 Å². The molecule has 1 atom stereocenters. The second-order valence-electron chi connectivity index (χ2n) is 8.21. The first-order valence-corrected chi connectivity index (χ1v) is 12.2. The van der Waals surface area contributed by atoms with Crippen molar-refractivity contribution in [1.29, 1.82) is 5.26 Å². The van der Waals surface area contributed by atoms with Crippen LogP contribution in [-0.4, -0.2) is 11.9 Å². The highest BCUT2D eigenvalue weighted by Crippen LogP contribution is 2.34. The molecule has 0 fully saturated rings. The maximum atomic E-state index is 13.4. The van der Waals surface area contributed by atoms with Gasteiger partial charge in [0.1, 0.15) is 6.07 Å². The first-order chi connectivity index (χ1) is 17.5. The molecule has 4 rings (SSSR count). The van der Waals surface area contributed by atoms with Gasteiger partial charge in [-0.15, -0.1) is 0 Å². The molecule has 6 heteroatoms. The summed E-state index contributed by atoms with van der Waals surface area (Å²) in [7, 11) is 0. The van der Waals surface area contributed by atoms with E-state index in [1.165, 1.54) is 11.8 Å². The van der Waals surface area contributed by atoms with Crippen LogP contribution in [0.1, 0.15) is 38.7 Å². The Morgan fingerprint density at radius 2 is 1.53 bits per heavy atom. The van der Waals surface area contributed by atoms with E-state index >= 15 is 0 Å². The molecule has 0 radical (unpaired) electrons. The smallest absolute Gasteiger partial charge is 0.340 e. The molecule has 0 aliphatic rings. The number of anilines is 1. The van der Waals surface area contributed by atoms with Crippen molar-refractivity contribution in [3.63, 3.8) is 0 Å². The summed E-state index contributed by atoms with van der Waals surface area (Å²) >= 11 is 1.31. The molecule has 0 aliphatic heterocycles. The van der Waals surface area contributed by atoms with Gasteiger partial charge < -0.3 is 10.1 Å². The molecule has 178 valence electrons. The van der Waals surface area contributed by atoms with E-state index in [0.29, 0.717) is 27.3 Å². The van der Waals surface area contributed by atoms with Crippen LogP contribution in [0.15, 0.2) is 107 Å². The quantitative estimate of drug-likeness (QED) is 0.285. The van der Waals surface area contributed by atoms with Gasteiger partial charge in [0, 0.05) is 21.0 Å². The van der Waals surface area contributed by atoms with Crippen molar-refractivity contribution in [2.75, 3.05) is 5.32 Å². The van der Waals surface area contributed by atoms with Crippen LogP contribution < -0.4 is 5.32 Å². The Hall–Kier alpha value is -4.34. The van der Waals surface area contributed by atoms with Gasteiger partial charge in [-0.3, -0.25) is 4.79 Å². The van der Waals surface area contributed by atoms with Crippen LogP contribution in [0.5, 0.6) is 0 Å². The van der Waals surface area contributed by atoms with Crippen LogP contribution in [0.3, 0.4) is 0 Å². The maximum Gasteiger partial charge on any atom is 0.340 e. The summed E-state index contributed by atoms with van der Waals surface area (Å²) < 4.78 is 5.83. The maximum absolute atomic E-state index is 13.4. The first kappa shape index (κ1) is 24.8. The Labute approximate surface area is 214 Å². The highest BCUT2D eigenvalue weighted by atomic mass is 32.2. The number of benzene rings is 4. The average Bonchev–Trinajstić information content (AvgIpc) is 2.90. The molecular formula is C30H24N2O3S. The monoisotopic (exact) mass is 492 g/mol. The largest absolute Gasteiger partial charge is 0.444 e. The second kappa shape index (κ2) is 11.4. The topological polar surface area (TPSA) is 79.2 Å². The second-order valence-corrected chi connectivity index (χ2v) is 9.29. The minimum absolute atomic E-state index is 0.315. The summed E-state index contributed by atoms with van der Waals surface area (Å²) in [6.07, 6.45) is -1.15. The lowest BCUT2D eigenvalue weighted by Gasteiger charge is -2.20. The van der Waals surface area contributed by atoms with Crippen LogP contribution in [0.4, 0.5) is 5.69 Å². The number of ether oxygens (including phenoxy) is 1. The number of rotatable bonds is 7. The highest BCUT2D eigenvalue weighted by Gasteiger charge is 2.27. The van der Waals surface area contributed by atoms with Crippen molar-refractivity contribution < 1.29 is 14.3 Å². The number of nitrogens with one attached hydrogen (secondary N) is 1. The fraction of sp³-hybridized carbons (Fsp3) is 0.100. The van der Waals surface area contributed by atoms with E-state index in [0.717, 1.165) is 16.0 Å². The normalized spacial score (nSPS) is 11.2. The van der Waals surface area contributed by atoms with E-state index < -0.39 is 18.0 Å². The van der Waals surface area contributed by atoms with E-state index in [2.05, 4.69) is 11.4 Å². The average molecular weight is 493 g/mol. The molecule has 0 spiro atoms. The van der Waals surface area contributed by atoms with Gasteiger partial charge >= 0.3 is 5.97 Å². The summed E-state index contributed by atoms with van der Waals surface area (Å²) in [5.41, 5.74) is 3.98. The van der Waals surface area contributed by atoms with Crippen molar-refractivity contribution in [3.05, 3.63) is 125 Å². The van der Waals surface area contributed by atoms with Crippen LogP contribution in [0.2, 0.25) is 0 Å². The lowest BCUT2D eigenvalue weighted by molar-refractivity contribution is -0.125. The van der Waals surface area contributed by atoms with E-state index in [4.69, 9.17) is 4.74 Å². The summed E-state index contributed by atoms with van der Waals surface area (Å²) in [5, 5.41) is 12.4. The van der Waals surface area contributed by atoms with Gasteiger partial charge in [-0.1, -0.05) is 78.5 Å². The molecule has 4 aromatic carbocycles. The molecule has 0 saturated heterocycles. The number of carbonyl (C=O) groups excluding carboxylic acids is 2. The molecule has 4 aromatic rings. The molecule has 0 aromatic heterocycles. The molecule has 5 nitrogen and oxygen atoms in total. The number of amides is 1.